The first kappa shape index (κ1) is 35.5. The molecule has 0 spiro atoms. The summed E-state index contributed by atoms with van der Waals surface area (Å²) in [4.78, 5) is 20.0. The molecule has 0 saturated heterocycles. The first-order valence-corrected chi connectivity index (χ1v) is 20.8. The fourth-order valence-electron chi connectivity index (χ4n) is 9.11. The molecule has 6 heteroatoms. The van der Waals surface area contributed by atoms with E-state index in [-0.39, 0.29) is 0 Å². The molecule has 12 rings (SSSR count). The summed E-state index contributed by atoms with van der Waals surface area (Å²) in [7, 11) is 0. The molecule has 6 nitrogen and oxygen atoms in total. The van der Waals surface area contributed by atoms with E-state index in [2.05, 4.69) is 178 Å². The molecule has 290 valence electrons. The topological polar surface area (TPSA) is 61.4 Å². The van der Waals surface area contributed by atoms with Crippen LogP contribution in [0.1, 0.15) is 0 Å². The van der Waals surface area contributed by atoms with E-state index in [0.29, 0.717) is 23.2 Å². The van der Waals surface area contributed by atoms with Crippen molar-refractivity contribution in [3.63, 3.8) is 0 Å². The minimum Gasteiger partial charge on any atom is -0.309 e. The lowest BCUT2D eigenvalue weighted by molar-refractivity contribution is 1.06. The maximum absolute atomic E-state index is 5.21. The summed E-state index contributed by atoms with van der Waals surface area (Å²) in [5.41, 5.74) is 13.5. The second kappa shape index (κ2) is 14.7. The third-order valence-electron chi connectivity index (χ3n) is 11.8. The molecule has 8 aromatic carbocycles. The van der Waals surface area contributed by atoms with Gasteiger partial charge in [0.05, 0.1) is 27.8 Å². The number of aromatic nitrogens is 6. The minimum atomic E-state index is 0.514. The molecule has 0 amide bonds. The van der Waals surface area contributed by atoms with Gasteiger partial charge in [0.2, 0.25) is 0 Å². The lowest BCUT2D eigenvalue weighted by atomic mass is 9.92. The fraction of sp³-hybridized carbons (Fsp3) is 0. The van der Waals surface area contributed by atoms with E-state index in [9.17, 15) is 0 Å². The van der Waals surface area contributed by atoms with E-state index in [0.717, 1.165) is 66.8 Å². The highest BCUT2D eigenvalue weighted by Crippen LogP contribution is 2.47. The third kappa shape index (κ3) is 5.80. The van der Waals surface area contributed by atoms with Gasteiger partial charge in [-0.05, 0) is 65.7 Å². The molecule has 12 aromatic rings. The normalized spacial score (nSPS) is 11.5. The van der Waals surface area contributed by atoms with Crippen LogP contribution in [0.5, 0.6) is 0 Å². The molecular weight excluding hydrogens is 757 g/mol. The SMILES string of the molecule is c1ccc(-c2nc(-c3cc(-c4ccccc4)c(-n4c5ccccc5c5ccc6c(c7ccccc7n6-c6ccccc6)c54)c(-c4ccccc4)c3)nc(-c3ccccn3)n2)cc1. The summed E-state index contributed by atoms with van der Waals surface area (Å²) in [6.07, 6.45) is 1.77. The Morgan fingerprint density at radius 3 is 1.48 bits per heavy atom. The van der Waals surface area contributed by atoms with Crippen molar-refractivity contribution in [1.82, 2.24) is 29.1 Å². The quantitative estimate of drug-likeness (QED) is 0.161. The Balaban J connectivity index is 1.24. The molecule has 4 heterocycles. The van der Waals surface area contributed by atoms with E-state index >= 15 is 0 Å². The molecule has 4 aromatic heterocycles. The highest BCUT2D eigenvalue weighted by molar-refractivity contribution is 6.26. The van der Waals surface area contributed by atoms with Gasteiger partial charge in [-0.2, -0.15) is 0 Å². The van der Waals surface area contributed by atoms with Crippen molar-refractivity contribution in [2.75, 3.05) is 0 Å². The number of para-hydroxylation sites is 3. The van der Waals surface area contributed by atoms with E-state index in [1.807, 2.05) is 48.5 Å². The molecule has 0 saturated carbocycles. The monoisotopic (exact) mass is 792 g/mol. The van der Waals surface area contributed by atoms with Crippen LogP contribution in [0.25, 0.3) is 112 Å². The van der Waals surface area contributed by atoms with Gasteiger partial charge in [-0.15, -0.1) is 0 Å². The van der Waals surface area contributed by atoms with E-state index in [4.69, 9.17) is 15.0 Å². The van der Waals surface area contributed by atoms with Crippen LogP contribution in [0.4, 0.5) is 0 Å². The maximum atomic E-state index is 5.21. The summed E-state index contributed by atoms with van der Waals surface area (Å²) in [5.74, 6) is 1.67. The number of nitrogens with zero attached hydrogens (tertiary/aromatic N) is 6. The summed E-state index contributed by atoms with van der Waals surface area (Å²) < 4.78 is 4.92. The number of rotatable bonds is 7. The summed E-state index contributed by atoms with van der Waals surface area (Å²) in [6.45, 7) is 0. The van der Waals surface area contributed by atoms with Crippen LogP contribution < -0.4 is 0 Å². The van der Waals surface area contributed by atoms with E-state index < -0.39 is 0 Å². The zero-order valence-electron chi connectivity index (χ0n) is 33.5. The van der Waals surface area contributed by atoms with Gasteiger partial charge in [0.1, 0.15) is 5.69 Å². The van der Waals surface area contributed by atoms with Crippen molar-refractivity contribution in [1.29, 1.82) is 0 Å². The molecule has 0 aliphatic heterocycles. The molecule has 0 N–H and O–H groups in total. The number of hydrogen-bond donors (Lipinski definition) is 0. The molecule has 0 radical (unpaired) electrons. The van der Waals surface area contributed by atoms with Crippen molar-refractivity contribution in [2.24, 2.45) is 0 Å². The zero-order valence-corrected chi connectivity index (χ0v) is 33.5. The Bertz CT molecular complexity index is 3480. The summed E-state index contributed by atoms with van der Waals surface area (Å²) in [6, 6.07) is 74.7. The largest absolute Gasteiger partial charge is 0.309 e. The Hall–Kier alpha value is -8.48. The zero-order chi connectivity index (χ0) is 41.0. The van der Waals surface area contributed by atoms with Gasteiger partial charge in [-0.1, -0.05) is 158 Å². The summed E-state index contributed by atoms with van der Waals surface area (Å²) in [5, 5.41) is 4.77. The smallest absolute Gasteiger partial charge is 0.182 e. The van der Waals surface area contributed by atoms with Crippen LogP contribution in [0.15, 0.2) is 219 Å². The van der Waals surface area contributed by atoms with Crippen LogP contribution in [-0.4, -0.2) is 29.1 Å². The second-order valence-electron chi connectivity index (χ2n) is 15.4. The van der Waals surface area contributed by atoms with Crippen molar-refractivity contribution < 1.29 is 0 Å². The van der Waals surface area contributed by atoms with Gasteiger partial charge in [0, 0.05) is 55.7 Å². The van der Waals surface area contributed by atoms with Gasteiger partial charge < -0.3 is 9.13 Å². The van der Waals surface area contributed by atoms with Crippen LogP contribution in [-0.2, 0) is 0 Å². The molecule has 0 atom stereocenters. The predicted octanol–water partition coefficient (Wildman–Crippen LogP) is 13.8. The number of fused-ring (bicyclic) bond motifs is 7. The van der Waals surface area contributed by atoms with Crippen LogP contribution in [0.2, 0.25) is 0 Å². The molecule has 0 fully saturated rings. The molecule has 0 unspecified atom stereocenters. The average Bonchev–Trinajstić information content (AvgIpc) is 3.87. The Morgan fingerprint density at radius 2 is 0.855 bits per heavy atom. The highest BCUT2D eigenvalue weighted by atomic mass is 15.1. The lowest BCUT2D eigenvalue weighted by Crippen LogP contribution is -2.04. The number of hydrogen-bond acceptors (Lipinski definition) is 4. The lowest BCUT2D eigenvalue weighted by Gasteiger charge is -2.21. The van der Waals surface area contributed by atoms with Crippen molar-refractivity contribution in [3.8, 4) is 67.9 Å². The van der Waals surface area contributed by atoms with Gasteiger partial charge in [-0.3, -0.25) is 4.98 Å². The van der Waals surface area contributed by atoms with Crippen molar-refractivity contribution in [2.45, 2.75) is 0 Å². The van der Waals surface area contributed by atoms with Crippen molar-refractivity contribution >= 4 is 43.6 Å². The Morgan fingerprint density at radius 1 is 0.339 bits per heavy atom. The third-order valence-corrected chi connectivity index (χ3v) is 11.8. The van der Waals surface area contributed by atoms with Crippen molar-refractivity contribution in [3.05, 3.63) is 219 Å². The maximum Gasteiger partial charge on any atom is 0.182 e. The van der Waals surface area contributed by atoms with Gasteiger partial charge in [-0.25, -0.2) is 15.0 Å². The molecular formula is C56H36N6. The predicted molar refractivity (Wildman–Crippen MR) is 253 cm³/mol. The first-order valence-electron chi connectivity index (χ1n) is 20.8. The Labute approximate surface area is 357 Å². The van der Waals surface area contributed by atoms with E-state index in [1.165, 1.54) is 21.5 Å². The average molecular weight is 793 g/mol. The number of pyridine rings is 1. The van der Waals surface area contributed by atoms with Gasteiger partial charge in [0.25, 0.3) is 0 Å². The van der Waals surface area contributed by atoms with Crippen LogP contribution >= 0.6 is 0 Å². The number of benzene rings is 8. The molecule has 0 aliphatic carbocycles. The molecule has 0 aliphatic rings. The van der Waals surface area contributed by atoms with E-state index in [1.54, 1.807) is 6.20 Å². The first-order chi connectivity index (χ1) is 30.8. The van der Waals surface area contributed by atoms with Crippen LogP contribution in [0.3, 0.4) is 0 Å². The minimum absolute atomic E-state index is 0.514. The highest BCUT2D eigenvalue weighted by Gasteiger charge is 2.26. The Kier molecular flexibility index (Phi) is 8.38. The van der Waals surface area contributed by atoms with Gasteiger partial charge in [0.15, 0.2) is 17.5 Å². The second-order valence-corrected chi connectivity index (χ2v) is 15.4. The molecule has 0 bridgehead atoms. The van der Waals surface area contributed by atoms with Gasteiger partial charge >= 0.3 is 0 Å². The fourth-order valence-corrected chi connectivity index (χ4v) is 9.11. The standard InChI is InChI=1S/C56H36N6/c1-5-19-37(20-6-1)45-35-40(55-58-54(39-23-9-3-10-24-39)59-56(60-55)47-29-17-18-34-57-47)36-46(38-21-7-2-8-22-38)52(45)62-48-30-15-13-27-42(48)43-32-33-50-51(53(43)62)44-28-14-16-31-49(44)61(50)41-25-11-4-12-26-41/h1-36H. The molecule has 62 heavy (non-hydrogen) atoms. The summed E-state index contributed by atoms with van der Waals surface area (Å²) >= 11 is 0. The van der Waals surface area contributed by atoms with Crippen LogP contribution in [0, 0.1) is 0 Å².